The monoisotopic (exact) mass is 286 g/mol. The van der Waals surface area contributed by atoms with Crippen LogP contribution in [-0.4, -0.2) is 30.4 Å². The first-order chi connectivity index (χ1) is 10.2. The fourth-order valence-electron chi connectivity index (χ4n) is 3.09. The van der Waals surface area contributed by atoms with Crippen LogP contribution in [0.5, 0.6) is 0 Å². The number of hydrogen-bond acceptors (Lipinski definition) is 2. The van der Waals surface area contributed by atoms with Gasteiger partial charge in [0.05, 0.1) is 0 Å². The van der Waals surface area contributed by atoms with Crippen LogP contribution in [0, 0.1) is 18.8 Å². The number of likely N-dealkylation sites (tertiary alicyclic amines) is 1. The first kappa shape index (κ1) is 14.6. The SMILES string of the molecule is Cc1ccc(CN2CC[C@H](CNC(=O)CC3CC3)C2)cc1. The summed E-state index contributed by atoms with van der Waals surface area (Å²) in [7, 11) is 0. The minimum atomic E-state index is 0.259. The van der Waals surface area contributed by atoms with Crippen molar-refractivity contribution in [3.8, 4) is 0 Å². The highest BCUT2D eigenvalue weighted by atomic mass is 16.1. The molecule has 0 aromatic heterocycles. The molecule has 0 radical (unpaired) electrons. The van der Waals surface area contributed by atoms with Crippen LogP contribution in [-0.2, 0) is 11.3 Å². The van der Waals surface area contributed by atoms with Crippen LogP contribution in [0.4, 0.5) is 0 Å². The Labute approximate surface area is 127 Å². The normalized spacial score (nSPS) is 22.4. The van der Waals surface area contributed by atoms with Crippen molar-refractivity contribution in [3.05, 3.63) is 35.4 Å². The summed E-state index contributed by atoms with van der Waals surface area (Å²) >= 11 is 0. The topological polar surface area (TPSA) is 32.3 Å². The zero-order valence-corrected chi connectivity index (χ0v) is 13.0. The Morgan fingerprint density at radius 2 is 1.95 bits per heavy atom. The molecule has 0 spiro atoms. The molecule has 1 aromatic rings. The number of amides is 1. The standard InChI is InChI=1S/C18H26N2O/c1-14-2-4-16(5-3-14)12-20-9-8-17(13-20)11-19-18(21)10-15-6-7-15/h2-5,15,17H,6-13H2,1H3,(H,19,21)/t17-/m1/s1. The van der Waals surface area contributed by atoms with Crippen molar-refractivity contribution in [3.63, 3.8) is 0 Å². The third-order valence-corrected chi connectivity index (χ3v) is 4.66. The van der Waals surface area contributed by atoms with E-state index in [0.29, 0.717) is 11.8 Å². The summed E-state index contributed by atoms with van der Waals surface area (Å²) in [6.07, 6.45) is 4.46. The second kappa shape index (κ2) is 6.61. The van der Waals surface area contributed by atoms with Crippen molar-refractivity contribution >= 4 is 5.91 Å². The minimum Gasteiger partial charge on any atom is -0.356 e. The molecule has 0 bridgehead atoms. The van der Waals surface area contributed by atoms with E-state index < -0.39 is 0 Å². The molecule has 3 heteroatoms. The zero-order chi connectivity index (χ0) is 14.7. The molecule has 3 nitrogen and oxygen atoms in total. The zero-order valence-electron chi connectivity index (χ0n) is 13.0. The van der Waals surface area contributed by atoms with Gasteiger partial charge in [-0.15, -0.1) is 0 Å². The molecule has 1 aromatic carbocycles. The molecule has 21 heavy (non-hydrogen) atoms. The van der Waals surface area contributed by atoms with E-state index in [2.05, 4.69) is 41.4 Å². The van der Waals surface area contributed by atoms with Crippen LogP contribution < -0.4 is 5.32 Å². The summed E-state index contributed by atoms with van der Waals surface area (Å²) < 4.78 is 0. The molecule has 1 saturated heterocycles. The molecular formula is C18H26N2O. The van der Waals surface area contributed by atoms with Gasteiger partial charge in [0.25, 0.3) is 0 Å². The maximum Gasteiger partial charge on any atom is 0.220 e. The molecule has 1 aliphatic heterocycles. The minimum absolute atomic E-state index is 0.259. The molecule has 1 saturated carbocycles. The Morgan fingerprint density at radius 1 is 1.19 bits per heavy atom. The number of nitrogens with zero attached hydrogens (tertiary/aromatic N) is 1. The van der Waals surface area contributed by atoms with Gasteiger partial charge in [-0.3, -0.25) is 9.69 Å². The number of benzene rings is 1. The molecule has 114 valence electrons. The lowest BCUT2D eigenvalue weighted by Crippen LogP contribution is -2.31. The molecule has 1 atom stereocenters. The molecule has 1 heterocycles. The molecule has 1 amide bonds. The predicted molar refractivity (Wildman–Crippen MR) is 84.9 cm³/mol. The second-order valence-corrected chi connectivity index (χ2v) is 6.83. The highest BCUT2D eigenvalue weighted by Crippen LogP contribution is 2.32. The summed E-state index contributed by atoms with van der Waals surface area (Å²) in [5, 5.41) is 3.12. The average molecular weight is 286 g/mol. The summed E-state index contributed by atoms with van der Waals surface area (Å²) in [6.45, 7) is 6.28. The predicted octanol–water partition coefficient (Wildman–Crippen LogP) is 2.73. The van der Waals surface area contributed by atoms with Gasteiger partial charge in [-0.1, -0.05) is 29.8 Å². The first-order valence-electron chi connectivity index (χ1n) is 8.23. The number of hydrogen-bond donors (Lipinski definition) is 1. The van der Waals surface area contributed by atoms with Crippen LogP contribution in [0.25, 0.3) is 0 Å². The fraction of sp³-hybridized carbons (Fsp3) is 0.611. The largest absolute Gasteiger partial charge is 0.356 e. The van der Waals surface area contributed by atoms with E-state index in [1.807, 2.05) is 0 Å². The quantitative estimate of drug-likeness (QED) is 0.872. The molecule has 2 fully saturated rings. The molecular weight excluding hydrogens is 260 g/mol. The molecule has 3 rings (SSSR count). The van der Waals surface area contributed by atoms with E-state index in [9.17, 15) is 4.79 Å². The van der Waals surface area contributed by atoms with E-state index in [-0.39, 0.29) is 5.91 Å². The van der Waals surface area contributed by atoms with Gasteiger partial charge < -0.3 is 5.32 Å². The number of carbonyl (C=O) groups is 1. The van der Waals surface area contributed by atoms with E-state index in [0.717, 1.165) is 32.6 Å². The van der Waals surface area contributed by atoms with E-state index in [1.165, 1.54) is 30.4 Å². The average Bonchev–Trinajstić information content (AvgIpc) is 3.17. The van der Waals surface area contributed by atoms with Gasteiger partial charge in [0.15, 0.2) is 0 Å². The van der Waals surface area contributed by atoms with Crippen LogP contribution in [0.1, 0.15) is 36.8 Å². The van der Waals surface area contributed by atoms with Gasteiger partial charge in [-0.25, -0.2) is 0 Å². The Bertz CT molecular complexity index is 478. The highest BCUT2D eigenvalue weighted by Gasteiger charge is 2.26. The van der Waals surface area contributed by atoms with Crippen molar-refractivity contribution < 1.29 is 4.79 Å². The van der Waals surface area contributed by atoms with Crippen molar-refractivity contribution in [2.45, 2.75) is 39.2 Å². The molecule has 2 aliphatic rings. The smallest absolute Gasteiger partial charge is 0.220 e. The lowest BCUT2D eigenvalue weighted by Gasteiger charge is -2.16. The van der Waals surface area contributed by atoms with Gasteiger partial charge in [-0.05, 0) is 50.1 Å². The lowest BCUT2D eigenvalue weighted by molar-refractivity contribution is -0.121. The van der Waals surface area contributed by atoms with Crippen molar-refractivity contribution in [2.75, 3.05) is 19.6 Å². The third-order valence-electron chi connectivity index (χ3n) is 4.66. The first-order valence-corrected chi connectivity index (χ1v) is 8.23. The van der Waals surface area contributed by atoms with Gasteiger partial charge in [0.2, 0.25) is 5.91 Å². The Balaban J connectivity index is 1.38. The van der Waals surface area contributed by atoms with E-state index in [4.69, 9.17) is 0 Å². The number of rotatable bonds is 6. The number of carbonyl (C=O) groups excluding carboxylic acids is 1. The van der Waals surface area contributed by atoms with Gasteiger partial charge in [0, 0.05) is 26.1 Å². The van der Waals surface area contributed by atoms with Crippen LogP contribution in [0.3, 0.4) is 0 Å². The van der Waals surface area contributed by atoms with E-state index in [1.54, 1.807) is 0 Å². The summed E-state index contributed by atoms with van der Waals surface area (Å²) in [5.41, 5.74) is 2.70. The fourth-order valence-corrected chi connectivity index (χ4v) is 3.09. The second-order valence-electron chi connectivity index (χ2n) is 6.83. The lowest BCUT2D eigenvalue weighted by atomic mass is 10.1. The van der Waals surface area contributed by atoms with Crippen molar-refractivity contribution in [1.82, 2.24) is 10.2 Å². The van der Waals surface area contributed by atoms with E-state index >= 15 is 0 Å². The van der Waals surface area contributed by atoms with Gasteiger partial charge in [0.1, 0.15) is 0 Å². The summed E-state index contributed by atoms with van der Waals surface area (Å²) in [4.78, 5) is 14.2. The summed E-state index contributed by atoms with van der Waals surface area (Å²) in [6, 6.07) is 8.81. The van der Waals surface area contributed by atoms with Crippen molar-refractivity contribution in [1.29, 1.82) is 0 Å². The Morgan fingerprint density at radius 3 is 2.67 bits per heavy atom. The van der Waals surface area contributed by atoms with Gasteiger partial charge >= 0.3 is 0 Å². The highest BCUT2D eigenvalue weighted by molar-refractivity contribution is 5.76. The van der Waals surface area contributed by atoms with Crippen molar-refractivity contribution in [2.24, 2.45) is 11.8 Å². The molecule has 0 unspecified atom stereocenters. The Kier molecular flexibility index (Phi) is 4.59. The molecule has 1 aliphatic carbocycles. The molecule has 1 N–H and O–H groups in total. The maximum atomic E-state index is 11.7. The number of aryl methyl sites for hydroxylation is 1. The van der Waals surface area contributed by atoms with Crippen LogP contribution in [0.2, 0.25) is 0 Å². The van der Waals surface area contributed by atoms with Gasteiger partial charge in [-0.2, -0.15) is 0 Å². The van der Waals surface area contributed by atoms with Crippen LogP contribution in [0.15, 0.2) is 24.3 Å². The van der Waals surface area contributed by atoms with Crippen LogP contribution >= 0.6 is 0 Å². The maximum absolute atomic E-state index is 11.7. The Hall–Kier alpha value is -1.35. The third kappa shape index (κ3) is 4.57. The number of nitrogens with one attached hydrogen (secondary N) is 1. The summed E-state index contributed by atoms with van der Waals surface area (Å²) in [5.74, 6) is 1.57.